The molecule has 4 nitrogen and oxygen atoms in total. The smallest absolute Gasteiger partial charge is 0.145 e. The topological polar surface area (TPSA) is 30.3 Å². The van der Waals surface area contributed by atoms with Gasteiger partial charge < -0.3 is 9.64 Å². The van der Waals surface area contributed by atoms with Crippen molar-refractivity contribution in [2.24, 2.45) is 0 Å². The fourth-order valence-corrected chi connectivity index (χ4v) is 7.10. The zero-order chi connectivity index (χ0) is 33.4. The molecule has 0 atom stereocenters. The second-order valence-electron chi connectivity index (χ2n) is 12.4. The summed E-state index contributed by atoms with van der Waals surface area (Å²) in [4.78, 5) is 7.68. The maximum Gasteiger partial charge on any atom is 0.145 e. The Morgan fingerprint density at radius 1 is 0.440 bits per heavy atom. The summed E-state index contributed by atoms with van der Waals surface area (Å²) in [5.74, 6) is 1.72. The van der Waals surface area contributed by atoms with Crippen LogP contribution in [0.2, 0.25) is 0 Å². The second-order valence-corrected chi connectivity index (χ2v) is 12.4. The first-order valence-electron chi connectivity index (χ1n) is 16.8. The lowest BCUT2D eigenvalue weighted by atomic mass is 10.00. The molecule has 0 saturated heterocycles. The summed E-state index contributed by atoms with van der Waals surface area (Å²) in [7, 11) is 1.70. The van der Waals surface area contributed by atoms with E-state index in [2.05, 4.69) is 179 Å². The Hall–Kier alpha value is -6.65. The normalized spacial score (nSPS) is 11.3. The molecule has 0 spiro atoms. The molecule has 9 rings (SSSR count). The molecule has 0 radical (unpaired) electrons. The van der Waals surface area contributed by atoms with E-state index in [1.54, 1.807) is 7.11 Å². The number of hydrogen-bond acceptors (Lipinski definition) is 3. The highest BCUT2D eigenvalue weighted by atomic mass is 16.5. The SMILES string of the molecule is COc1ccc(-n2c(-c3ccc(-c4ccc(N(c5ccccc5)c5ccccc5)cc4)cc3)nc3c4ccccc4c4ccccc4c32)cc1. The van der Waals surface area contributed by atoms with E-state index in [1.807, 2.05) is 12.1 Å². The maximum atomic E-state index is 5.51. The molecule has 0 saturated carbocycles. The van der Waals surface area contributed by atoms with Crippen LogP contribution in [0.1, 0.15) is 0 Å². The molecule has 0 aliphatic carbocycles. The molecule has 9 aromatic rings. The molecule has 0 aliphatic heterocycles. The zero-order valence-electron chi connectivity index (χ0n) is 27.6. The molecule has 1 heterocycles. The van der Waals surface area contributed by atoms with Gasteiger partial charge in [0.15, 0.2) is 0 Å². The van der Waals surface area contributed by atoms with E-state index in [9.17, 15) is 0 Å². The van der Waals surface area contributed by atoms with E-state index >= 15 is 0 Å². The maximum absolute atomic E-state index is 5.51. The third kappa shape index (κ3) is 5.06. The molecule has 1 aromatic heterocycles. The summed E-state index contributed by atoms with van der Waals surface area (Å²) in [6.45, 7) is 0. The number of aromatic nitrogens is 2. The molecule has 0 bridgehead atoms. The first kappa shape index (κ1) is 29.5. The van der Waals surface area contributed by atoms with Gasteiger partial charge in [0.25, 0.3) is 0 Å². The van der Waals surface area contributed by atoms with Gasteiger partial charge in [-0.25, -0.2) is 4.98 Å². The van der Waals surface area contributed by atoms with Gasteiger partial charge in [0, 0.05) is 39.1 Å². The molecule has 0 N–H and O–H groups in total. The third-order valence-corrected chi connectivity index (χ3v) is 9.49. The van der Waals surface area contributed by atoms with E-state index in [0.29, 0.717) is 0 Å². The van der Waals surface area contributed by atoms with E-state index in [1.165, 1.54) is 16.2 Å². The lowest BCUT2D eigenvalue weighted by molar-refractivity contribution is 0.415. The first-order chi connectivity index (χ1) is 24.8. The van der Waals surface area contributed by atoms with E-state index in [-0.39, 0.29) is 0 Å². The van der Waals surface area contributed by atoms with Gasteiger partial charge in [-0.15, -0.1) is 0 Å². The lowest BCUT2D eigenvalue weighted by Crippen LogP contribution is -2.09. The summed E-state index contributed by atoms with van der Waals surface area (Å²) in [6.07, 6.45) is 0. The van der Waals surface area contributed by atoms with Gasteiger partial charge in [0.2, 0.25) is 0 Å². The van der Waals surface area contributed by atoms with Gasteiger partial charge in [-0.05, 0) is 82.6 Å². The van der Waals surface area contributed by atoms with Gasteiger partial charge >= 0.3 is 0 Å². The Labute approximate surface area is 291 Å². The van der Waals surface area contributed by atoms with Crippen molar-refractivity contribution in [1.82, 2.24) is 9.55 Å². The van der Waals surface area contributed by atoms with Crippen molar-refractivity contribution >= 4 is 49.6 Å². The number of ether oxygens (including phenoxy) is 1. The van der Waals surface area contributed by atoms with Crippen molar-refractivity contribution in [2.45, 2.75) is 0 Å². The van der Waals surface area contributed by atoms with E-state index < -0.39 is 0 Å². The van der Waals surface area contributed by atoms with Gasteiger partial charge in [0.1, 0.15) is 11.6 Å². The average Bonchev–Trinajstić information content (AvgIpc) is 3.61. The number of hydrogen-bond donors (Lipinski definition) is 0. The van der Waals surface area contributed by atoms with Crippen LogP contribution >= 0.6 is 0 Å². The number of fused-ring (bicyclic) bond motifs is 6. The Bertz CT molecular complexity index is 2550. The molecule has 0 fully saturated rings. The predicted octanol–water partition coefficient (Wildman–Crippen LogP) is 12.1. The number of anilines is 3. The number of para-hydroxylation sites is 2. The third-order valence-electron chi connectivity index (χ3n) is 9.49. The second kappa shape index (κ2) is 12.4. The van der Waals surface area contributed by atoms with Gasteiger partial charge in [-0.2, -0.15) is 0 Å². The zero-order valence-corrected chi connectivity index (χ0v) is 27.6. The number of rotatable bonds is 7. The Kier molecular flexibility index (Phi) is 7.33. The summed E-state index contributed by atoms with van der Waals surface area (Å²) in [6, 6.07) is 64.0. The Morgan fingerprint density at radius 2 is 0.900 bits per heavy atom. The van der Waals surface area contributed by atoms with Crippen LogP contribution in [0.4, 0.5) is 17.1 Å². The number of nitrogens with zero attached hydrogens (tertiary/aromatic N) is 3. The summed E-state index contributed by atoms with van der Waals surface area (Å²) < 4.78 is 7.81. The molecule has 4 heteroatoms. The Balaban J connectivity index is 1.15. The Morgan fingerprint density at radius 3 is 1.48 bits per heavy atom. The average molecular weight is 644 g/mol. The number of benzene rings is 8. The fraction of sp³-hybridized carbons (Fsp3) is 0.0217. The summed E-state index contributed by atoms with van der Waals surface area (Å²) in [5.41, 5.74) is 9.82. The van der Waals surface area contributed by atoms with Crippen LogP contribution in [-0.4, -0.2) is 16.7 Å². The van der Waals surface area contributed by atoms with E-state index in [0.717, 1.165) is 67.4 Å². The lowest BCUT2D eigenvalue weighted by Gasteiger charge is -2.25. The molecule has 50 heavy (non-hydrogen) atoms. The highest BCUT2D eigenvalue weighted by molar-refractivity contribution is 6.24. The quantitative estimate of drug-likeness (QED) is 0.162. The van der Waals surface area contributed by atoms with Crippen molar-refractivity contribution in [2.75, 3.05) is 12.0 Å². The van der Waals surface area contributed by atoms with Crippen LogP contribution in [0, 0.1) is 0 Å². The monoisotopic (exact) mass is 643 g/mol. The van der Waals surface area contributed by atoms with Crippen LogP contribution in [0.25, 0.3) is 60.8 Å². The minimum absolute atomic E-state index is 0.820. The first-order valence-corrected chi connectivity index (χ1v) is 16.8. The molecule has 0 aliphatic rings. The van der Waals surface area contributed by atoms with Crippen molar-refractivity contribution in [3.8, 4) is 34.0 Å². The standard InChI is InChI=1S/C46H33N3O/c1-50-39-30-28-38(29-31-39)49-45-43-19-11-9-17-41(43)40-16-8-10-18-42(40)44(45)47-46(49)34-22-20-32(21-23-34)33-24-26-37(27-25-33)48(35-12-4-2-5-13-35)36-14-6-3-7-15-36/h2-31H,1H3. The van der Waals surface area contributed by atoms with Crippen molar-refractivity contribution < 1.29 is 4.74 Å². The van der Waals surface area contributed by atoms with Crippen molar-refractivity contribution in [3.63, 3.8) is 0 Å². The number of imidazole rings is 1. The molecular weight excluding hydrogens is 611 g/mol. The molecule has 8 aromatic carbocycles. The summed E-state index contributed by atoms with van der Waals surface area (Å²) >= 11 is 0. The van der Waals surface area contributed by atoms with Crippen LogP contribution in [0.5, 0.6) is 5.75 Å². The van der Waals surface area contributed by atoms with Crippen LogP contribution in [-0.2, 0) is 0 Å². The van der Waals surface area contributed by atoms with Crippen LogP contribution < -0.4 is 9.64 Å². The van der Waals surface area contributed by atoms with Crippen molar-refractivity contribution in [3.05, 3.63) is 182 Å². The molecule has 238 valence electrons. The van der Waals surface area contributed by atoms with Crippen LogP contribution in [0.3, 0.4) is 0 Å². The van der Waals surface area contributed by atoms with Gasteiger partial charge in [0.05, 0.1) is 18.1 Å². The number of methoxy groups -OCH3 is 1. The minimum atomic E-state index is 0.820. The van der Waals surface area contributed by atoms with Gasteiger partial charge in [-0.1, -0.05) is 121 Å². The van der Waals surface area contributed by atoms with E-state index in [4.69, 9.17) is 9.72 Å². The summed E-state index contributed by atoms with van der Waals surface area (Å²) in [5, 5.41) is 4.74. The van der Waals surface area contributed by atoms with Crippen LogP contribution in [0.15, 0.2) is 182 Å². The largest absolute Gasteiger partial charge is 0.497 e. The predicted molar refractivity (Wildman–Crippen MR) is 208 cm³/mol. The molecular formula is C46H33N3O. The van der Waals surface area contributed by atoms with Gasteiger partial charge in [-0.3, -0.25) is 4.57 Å². The van der Waals surface area contributed by atoms with Crippen molar-refractivity contribution in [1.29, 1.82) is 0 Å². The minimum Gasteiger partial charge on any atom is -0.497 e. The highest BCUT2D eigenvalue weighted by Gasteiger charge is 2.20. The molecule has 0 amide bonds. The highest BCUT2D eigenvalue weighted by Crippen LogP contribution is 2.40. The fourth-order valence-electron chi connectivity index (χ4n) is 7.10. The molecule has 0 unspecified atom stereocenters.